The van der Waals surface area contributed by atoms with Crippen LogP contribution in [0.5, 0.6) is 5.75 Å². The van der Waals surface area contributed by atoms with Crippen molar-refractivity contribution in [3.8, 4) is 17.1 Å². The minimum Gasteiger partial charge on any atom is -0.494 e. The zero-order valence-corrected chi connectivity index (χ0v) is 23.8. The lowest BCUT2D eigenvalue weighted by Gasteiger charge is -2.24. The molecule has 10 heteroatoms. The second-order valence-corrected chi connectivity index (χ2v) is 10.1. The van der Waals surface area contributed by atoms with Crippen LogP contribution in [-0.2, 0) is 14.3 Å². The van der Waals surface area contributed by atoms with Gasteiger partial charge in [0, 0.05) is 11.6 Å². The van der Waals surface area contributed by atoms with Crippen LogP contribution in [-0.4, -0.2) is 36.8 Å². The van der Waals surface area contributed by atoms with Crippen molar-refractivity contribution in [2.24, 2.45) is 4.99 Å². The molecule has 0 spiro atoms. The topological polar surface area (TPSA) is 109 Å². The predicted octanol–water partition coefficient (Wildman–Crippen LogP) is 4.24. The van der Waals surface area contributed by atoms with Crippen LogP contribution in [0.1, 0.15) is 48.5 Å². The highest BCUT2D eigenvalue weighted by Gasteiger charge is 2.33. The molecule has 0 fully saturated rings. The maximum absolute atomic E-state index is 13.8. The van der Waals surface area contributed by atoms with Crippen molar-refractivity contribution in [3.63, 3.8) is 0 Å². The molecule has 0 amide bonds. The Kier molecular flexibility index (Phi) is 8.02. The summed E-state index contributed by atoms with van der Waals surface area (Å²) < 4.78 is 23.6. The molecule has 2 aromatic heterocycles. The molecule has 0 saturated heterocycles. The normalized spacial score (nSPS) is 14.8. The van der Waals surface area contributed by atoms with Gasteiger partial charge in [0.05, 0.1) is 47.7 Å². The monoisotopic (exact) mass is 572 g/mol. The molecule has 0 aliphatic carbocycles. The molecule has 0 unspecified atom stereocenters. The Hall–Kier alpha value is -4.70. The number of carbonyl (C=O) groups is 2. The lowest BCUT2D eigenvalue weighted by Crippen LogP contribution is -2.39. The van der Waals surface area contributed by atoms with Gasteiger partial charge in [-0.3, -0.25) is 9.36 Å². The first-order chi connectivity index (χ1) is 19.8. The van der Waals surface area contributed by atoms with Crippen LogP contribution >= 0.6 is 11.3 Å². The Labute approximate surface area is 239 Å². The number of fused-ring (bicyclic) bond motifs is 1. The third kappa shape index (κ3) is 5.51. The van der Waals surface area contributed by atoms with Crippen molar-refractivity contribution in [2.75, 3.05) is 20.3 Å². The first-order valence-corrected chi connectivity index (χ1v) is 13.9. The molecule has 4 aromatic rings. The summed E-state index contributed by atoms with van der Waals surface area (Å²) in [5.74, 6) is 0.803. The van der Waals surface area contributed by atoms with Crippen LogP contribution in [0.4, 0.5) is 0 Å². The summed E-state index contributed by atoms with van der Waals surface area (Å²) >= 11 is 1.22. The van der Waals surface area contributed by atoms with Gasteiger partial charge in [0.25, 0.3) is 5.56 Å². The van der Waals surface area contributed by atoms with Gasteiger partial charge in [-0.2, -0.15) is 0 Å². The number of benzene rings is 2. The van der Waals surface area contributed by atoms with Crippen LogP contribution in [0.25, 0.3) is 17.4 Å². The van der Waals surface area contributed by atoms with Gasteiger partial charge in [-0.25, -0.2) is 14.6 Å². The van der Waals surface area contributed by atoms with E-state index in [0.717, 1.165) is 11.1 Å². The van der Waals surface area contributed by atoms with Gasteiger partial charge in [0.15, 0.2) is 4.80 Å². The third-order valence-corrected chi connectivity index (χ3v) is 7.50. The first kappa shape index (κ1) is 27.9. The van der Waals surface area contributed by atoms with E-state index in [0.29, 0.717) is 50.0 Å². The molecule has 5 rings (SSSR count). The summed E-state index contributed by atoms with van der Waals surface area (Å²) in [6.45, 7) is 6.10. The quantitative estimate of drug-likeness (QED) is 0.291. The maximum Gasteiger partial charge on any atom is 0.338 e. The van der Waals surface area contributed by atoms with Crippen LogP contribution in [0.3, 0.4) is 0 Å². The zero-order chi connectivity index (χ0) is 29.1. The number of ether oxygens (including phenoxy) is 3. The van der Waals surface area contributed by atoms with E-state index in [1.165, 1.54) is 23.0 Å². The SMILES string of the molecule is CCOC(=O)C1=C(C)N=c2s/c(=C\c3ccc(-c4ccc(C(=O)OC)cc4)o3)c(=O)n2[C@H]1c1ccc(OCC)cc1. The van der Waals surface area contributed by atoms with E-state index >= 15 is 0 Å². The van der Waals surface area contributed by atoms with Gasteiger partial charge in [-0.05, 0) is 62.7 Å². The fraction of sp³-hybridized carbons (Fsp3) is 0.226. The van der Waals surface area contributed by atoms with Gasteiger partial charge < -0.3 is 18.6 Å². The van der Waals surface area contributed by atoms with Crippen molar-refractivity contribution in [1.29, 1.82) is 0 Å². The molecule has 1 aliphatic rings. The van der Waals surface area contributed by atoms with Gasteiger partial charge in [0.2, 0.25) is 0 Å². The standard InChI is InChI=1S/C31H28N2O7S/c1-5-38-22-13-11-20(12-14-22)27-26(30(36)39-6-2)18(3)32-31-33(27)28(34)25(41-31)17-23-15-16-24(40-23)19-7-9-21(10-8-19)29(35)37-4/h7-17,27H,5-6H2,1-4H3/b25-17-/t27-/m0/s1. The Morgan fingerprint density at radius 3 is 2.39 bits per heavy atom. The van der Waals surface area contributed by atoms with Gasteiger partial charge >= 0.3 is 11.9 Å². The summed E-state index contributed by atoms with van der Waals surface area (Å²) in [5, 5.41) is 0. The summed E-state index contributed by atoms with van der Waals surface area (Å²) in [5.41, 5.74) is 2.43. The minimum absolute atomic E-state index is 0.197. The molecule has 2 aromatic carbocycles. The maximum atomic E-state index is 13.8. The van der Waals surface area contributed by atoms with E-state index in [-0.39, 0.29) is 12.2 Å². The molecule has 0 saturated carbocycles. The second kappa shape index (κ2) is 11.8. The van der Waals surface area contributed by atoms with Crippen LogP contribution in [0.15, 0.2) is 86.1 Å². The fourth-order valence-corrected chi connectivity index (χ4v) is 5.65. The van der Waals surface area contributed by atoms with Gasteiger partial charge in [0.1, 0.15) is 17.3 Å². The lowest BCUT2D eigenvalue weighted by atomic mass is 9.96. The number of hydrogen-bond acceptors (Lipinski definition) is 9. The van der Waals surface area contributed by atoms with Crippen molar-refractivity contribution < 1.29 is 28.2 Å². The number of nitrogens with zero attached hydrogens (tertiary/aromatic N) is 2. The van der Waals surface area contributed by atoms with Crippen molar-refractivity contribution in [2.45, 2.75) is 26.8 Å². The van der Waals surface area contributed by atoms with E-state index in [9.17, 15) is 14.4 Å². The molecule has 1 atom stereocenters. The number of hydrogen-bond donors (Lipinski definition) is 0. The number of carbonyl (C=O) groups excluding carboxylic acids is 2. The average molecular weight is 573 g/mol. The molecule has 210 valence electrons. The third-order valence-electron chi connectivity index (χ3n) is 6.51. The molecular weight excluding hydrogens is 544 g/mol. The molecule has 3 heterocycles. The Bertz CT molecular complexity index is 1810. The number of thiazole rings is 1. The summed E-state index contributed by atoms with van der Waals surface area (Å²) in [6, 6.07) is 17.0. The Balaban J connectivity index is 1.56. The van der Waals surface area contributed by atoms with E-state index in [4.69, 9.17) is 18.6 Å². The van der Waals surface area contributed by atoms with Crippen LogP contribution in [0.2, 0.25) is 0 Å². The lowest BCUT2D eigenvalue weighted by molar-refractivity contribution is -0.139. The molecular formula is C31H28N2O7S. The number of esters is 2. The second-order valence-electron chi connectivity index (χ2n) is 9.08. The first-order valence-electron chi connectivity index (χ1n) is 13.1. The van der Waals surface area contributed by atoms with Crippen molar-refractivity contribution in [1.82, 2.24) is 4.57 Å². The summed E-state index contributed by atoms with van der Waals surface area (Å²) in [7, 11) is 1.33. The highest BCUT2D eigenvalue weighted by Crippen LogP contribution is 2.31. The Morgan fingerprint density at radius 2 is 1.73 bits per heavy atom. The molecule has 0 N–H and O–H groups in total. The van der Waals surface area contributed by atoms with Crippen LogP contribution in [0, 0.1) is 0 Å². The minimum atomic E-state index is -0.719. The molecule has 9 nitrogen and oxygen atoms in total. The molecule has 41 heavy (non-hydrogen) atoms. The van der Waals surface area contributed by atoms with Gasteiger partial charge in [-0.15, -0.1) is 0 Å². The largest absolute Gasteiger partial charge is 0.494 e. The number of allylic oxidation sites excluding steroid dienone is 1. The molecule has 1 aliphatic heterocycles. The number of furan rings is 1. The van der Waals surface area contributed by atoms with E-state index in [1.54, 1.807) is 56.3 Å². The van der Waals surface area contributed by atoms with Crippen LogP contribution < -0.4 is 19.6 Å². The summed E-state index contributed by atoms with van der Waals surface area (Å²) in [4.78, 5) is 43.7. The fourth-order valence-electron chi connectivity index (χ4n) is 4.62. The number of methoxy groups -OCH3 is 1. The van der Waals surface area contributed by atoms with Crippen molar-refractivity contribution >= 4 is 29.4 Å². The number of aromatic nitrogens is 1. The Morgan fingerprint density at radius 1 is 1.00 bits per heavy atom. The average Bonchev–Trinajstić information content (AvgIpc) is 3.57. The molecule has 0 radical (unpaired) electrons. The highest BCUT2D eigenvalue weighted by molar-refractivity contribution is 7.07. The number of rotatable bonds is 8. The van der Waals surface area contributed by atoms with E-state index in [1.807, 2.05) is 31.2 Å². The summed E-state index contributed by atoms with van der Waals surface area (Å²) in [6.07, 6.45) is 1.66. The molecule has 0 bridgehead atoms. The van der Waals surface area contributed by atoms with E-state index < -0.39 is 18.0 Å². The zero-order valence-electron chi connectivity index (χ0n) is 23.0. The predicted molar refractivity (Wildman–Crippen MR) is 153 cm³/mol. The highest BCUT2D eigenvalue weighted by atomic mass is 32.1. The smallest absolute Gasteiger partial charge is 0.338 e. The van der Waals surface area contributed by atoms with Gasteiger partial charge in [-0.1, -0.05) is 35.6 Å². The van der Waals surface area contributed by atoms with Crippen molar-refractivity contribution in [3.05, 3.63) is 109 Å². The van der Waals surface area contributed by atoms with E-state index in [2.05, 4.69) is 4.99 Å².